The maximum absolute atomic E-state index is 13.3. The van der Waals surface area contributed by atoms with Crippen LogP contribution in [0.2, 0.25) is 0 Å². The molecule has 222 valence electrons. The van der Waals surface area contributed by atoms with Crippen LogP contribution in [0.4, 0.5) is 10.5 Å². The highest BCUT2D eigenvalue weighted by molar-refractivity contribution is 5.99. The first-order valence-corrected chi connectivity index (χ1v) is 14.6. The molecule has 9 nitrogen and oxygen atoms in total. The number of anilines is 1. The lowest BCUT2D eigenvalue weighted by atomic mass is 9.85. The molecular weight excluding hydrogens is 532 g/mol. The Kier molecular flexibility index (Phi) is 9.09. The van der Waals surface area contributed by atoms with Gasteiger partial charge in [-0.25, -0.2) is 9.78 Å². The molecule has 0 aliphatic heterocycles. The highest BCUT2D eigenvalue weighted by Gasteiger charge is 2.28. The van der Waals surface area contributed by atoms with Crippen LogP contribution < -0.4 is 15.0 Å². The van der Waals surface area contributed by atoms with Crippen molar-refractivity contribution in [1.82, 2.24) is 14.7 Å². The number of carbonyl (C=O) groups excluding carboxylic acids is 2. The largest absolute Gasteiger partial charge is 0.455 e. The van der Waals surface area contributed by atoms with E-state index in [1.165, 1.54) is 0 Å². The average molecular weight is 573 g/mol. The van der Waals surface area contributed by atoms with E-state index in [-0.39, 0.29) is 24.3 Å². The van der Waals surface area contributed by atoms with E-state index in [0.717, 1.165) is 35.2 Å². The Bertz CT molecular complexity index is 1520. The number of aromatic nitrogens is 2. The van der Waals surface area contributed by atoms with Gasteiger partial charge in [0.1, 0.15) is 11.5 Å². The van der Waals surface area contributed by atoms with Gasteiger partial charge in [-0.15, -0.1) is 0 Å². The third kappa shape index (κ3) is 6.74. The lowest BCUT2D eigenvalue weighted by Gasteiger charge is -2.25. The number of nitrogens with one attached hydrogen (secondary N) is 1. The summed E-state index contributed by atoms with van der Waals surface area (Å²) in [5.74, 6) is 1.48. The topological polar surface area (TPSA) is 94.4 Å². The lowest BCUT2D eigenvalue weighted by Crippen LogP contribution is -2.36. The fraction of sp³-hybridized carbons (Fsp3) is 0.424. The average Bonchev–Trinajstić information content (AvgIpc) is 3.69. The van der Waals surface area contributed by atoms with Crippen molar-refractivity contribution in [3.05, 3.63) is 71.7 Å². The summed E-state index contributed by atoms with van der Waals surface area (Å²) in [5, 5.41) is 3.33. The number of para-hydroxylation sites is 1. The van der Waals surface area contributed by atoms with Crippen molar-refractivity contribution >= 4 is 28.8 Å². The fourth-order valence-corrected chi connectivity index (χ4v) is 5.14. The van der Waals surface area contributed by atoms with Gasteiger partial charge in [0.15, 0.2) is 11.4 Å². The minimum atomic E-state index is -0.488. The Balaban J connectivity index is 1.56. The van der Waals surface area contributed by atoms with Gasteiger partial charge in [-0.1, -0.05) is 37.3 Å². The fourth-order valence-electron chi connectivity index (χ4n) is 5.14. The van der Waals surface area contributed by atoms with Crippen molar-refractivity contribution < 1.29 is 23.8 Å². The summed E-state index contributed by atoms with van der Waals surface area (Å²) in [7, 11) is 1.60. The highest BCUT2D eigenvalue weighted by atomic mass is 16.6. The Morgan fingerprint density at radius 3 is 2.67 bits per heavy atom. The molecule has 1 saturated carbocycles. The Morgan fingerprint density at radius 2 is 1.98 bits per heavy atom. The van der Waals surface area contributed by atoms with Crippen LogP contribution in [-0.4, -0.2) is 60.2 Å². The Morgan fingerprint density at radius 1 is 1.19 bits per heavy atom. The molecule has 2 aromatic heterocycles. The molecule has 1 fully saturated rings. The molecule has 1 atom stereocenters. The number of hydrogen-bond acceptors (Lipinski definition) is 7. The summed E-state index contributed by atoms with van der Waals surface area (Å²) in [6.45, 7) is 8.68. The Hall–Kier alpha value is -3.95. The summed E-state index contributed by atoms with van der Waals surface area (Å²) in [4.78, 5) is 32.5. The molecule has 5 rings (SSSR count). The van der Waals surface area contributed by atoms with E-state index in [1.807, 2.05) is 80.0 Å². The lowest BCUT2D eigenvalue weighted by molar-refractivity contribution is -0.115. The molecule has 3 aromatic rings. The number of methoxy groups -OCH3 is 1. The van der Waals surface area contributed by atoms with Gasteiger partial charge < -0.3 is 19.5 Å². The van der Waals surface area contributed by atoms with Crippen LogP contribution >= 0.6 is 0 Å². The number of carbonyl (C=O) groups is 2. The summed E-state index contributed by atoms with van der Waals surface area (Å²) in [6.07, 6.45) is 9.87. The SMILES string of the molecule is COCCN(C(=O)OC(C)C)c1cc(Oc2ccccc2C)cn2c(C3=CC=C(C(=O)CNC4CC4)C(C)C3)cnc12. The highest BCUT2D eigenvalue weighted by Crippen LogP contribution is 2.36. The third-order valence-electron chi connectivity index (χ3n) is 7.55. The number of Topliss-reactive ketones (excluding diaryl/α,β-unsaturated/α-hetero) is 1. The number of imidazole rings is 1. The first-order valence-electron chi connectivity index (χ1n) is 14.6. The minimum absolute atomic E-state index is 0.0640. The number of ether oxygens (including phenoxy) is 3. The molecule has 0 spiro atoms. The van der Waals surface area contributed by atoms with Gasteiger partial charge in [0.25, 0.3) is 0 Å². The smallest absolute Gasteiger partial charge is 0.414 e. The monoisotopic (exact) mass is 572 g/mol. The summed E-state index contributed by atoms with van der Waals surface area (Å²) >= 11 is 0. The van der Waals surface area contributed by atoms with Crippen LogP contribution in [0.25, 0.3) is 11.2 Å². The van der Waals surface area contributed by atoms with Crippen molar-refractivity contribution in [2.75, 3.05) is 31.7 Å². The minimum Gasteiger partial charge on any atom is -0.455 e. The zero-order valence-corrected chi connectivity index (χ0v) is 25.1. The van der Waals surface area contributed by atoms with Crippen LogP contribution in [-0.2, 0) is 14.3 Å². The number of amides is 1. The van der Waals surface area contributed by atoms with Gasteiger partial charge >= 0.3 is 6.09 Å². The molecule has 1 aromatic carbocycles. The molecule has 1 amide bonds. The van der Waals surface area contributed by atoms with Gasteiger partial charge in [0.2, 0.25) is 0 Å². The number of nitrogens with zero attached hydrogens (tertiary/aromatic N) is 3. The van der Waals surface area contributed by atoms with Gasteiger partial charge in [0.05, 0.1) is 49.6 Å². The normalized spacial score (nSPS) is 16.8. The van der Waals surface area contributed by atoms with Crippen LogP contribution in [0.5, 0.6) is 11.5 Å². The maximum atomic E-state index is 13.3. The van der Waals surface area contributed by atoms with Crippen molar-refractivity contribution in [2.24, 2.45) is 5.92 Å². The van der Waals surface area contributed by atoms with E-state index in [9.17, 15) is 9.59 Å². The molecule has 0 radical (unpaired) electrons. The van der Waals surface area contributed by atoms with E-state index < -0.39 is 6.09 Å². The first-order chi connectivity index (χ1) is 20.2. The zero-order chi connectivity index (χ0) is 29.8. The van der Waals surface area contributed by atoms with E-state index in [2.05, 4.69) is 12.2 Å². The molecule has 42 heavy (non-hydrogen) atoms. The predicted octanol–water partition coefficient (Wildman–Crippen LogP) is 6.10. The molecule has 2 aliphatic carbocycles. The standard InChI is InChI=1S/C33H40N4O5/c1-21(2)41-33(39)36(14-15-40-5)28-17-26(42-31-9-7-6-8-22(31)3)20-37-29(18-35-32(28)37)24-10-13-27(23(4)16-24)30(38)19-34-25-11-12-25/h6-10,13,17-18,20-21,23,25,34H,11-12,14-16,19H2,1-5H3. The number of benzene rings is 1. The molecule has 1 N–H and O–H groups in total. The maximum Gasteiger partial charge on any atom is 0.414 e. The number of hydrogen-bond donors (Lipinski definition) is 1. The second kappa shape index (κ2) is 12.9. The molecule has 1 unspecified atom stereocenters. The molecule has 2 heterocycles. The van der Waals surface area contributed by atoms with Gasteiger partial charge in [-0.3, -0.25) is 14.1 Å². The van der Waals surface area contributed by atoms with E-state index in [1.54, 1.807) is 12.0 Å². The van der Waals surface area contributed by atoms with Crippen LogP contribution in [0, 0.1) is 12.8 Å². The molecular formula is C33H40N4O5. The van der Waals surface area contributed by atoms with Crippen molar-refractivity contribution in [1.29, 1.82) is 0 Å². The number of ketones is 1. The van der Waals surface area contributed by atoms with Crippen molar-refractivity contribution in [3.63, 3.8) is 0 Å². The van der Waals surface area contributed by atoms with Gasteiger partial charge in [0, 0.05) is 19.2 Å². The second-order valence-corrected chi connectivity index (χ2v) is 11.3. The Labute approximate surface area is 247 Å². The number of fused-ring (bicyclic) bond motifs is 1. The number of rotatable bonds is 12. The molecule has 0 saturated heterocycles. The van der Waals surface area contributed by atoms with Gasteiger partial charge in [-0.2, -0.15) is 0 Å². The zero-order valence-electron chi connectivity index (χ0n) is 25.1. The molecule has 9 heteroatoms. The third-order valence-corrected chi connectivity index (χ3v) is 7.55. The van der Waals surface area contributed by atoms with E-state index >= 15 is 0 Å². The van der Waals surface area contributed by atoms with Gasteiger partial charge in [-0.05, 0) is 68.7 Å². The molecule has 0 bridgehead atoms. The van der Waals surface area contributed by atoms with Crippen LogP contribution in [0.15, 0.2) is 60.5 Å². The summed E-state index contributed by atoms with van der Waals surface area (Å²) < 4.78 is 19.2. The number of allylic oxidation sites excluding steroid dienone is 3. The van der Waals surface area contributed by atoms with Crippen molar-refractivity contribution in [3.8, 4) is 11.5 Å². The van der Waals surface area contributed by atoms with Crippen LogP contribution in [0.1, 0.15) is 51.3 Å². The first kappa shape index (κ1) is 29.5. The number of pyridine rings is 1. The summed E-state index contributed by atoms with van der Waals surface area (Å²) in [6, 6.07) is 10.1. The van der Waals surface area contributed by atoms with Crippen LogP contribution in [0.3, 0.4) is 0 Å². The quantitative estimate of drug-likeness (QED) is 0.280. The predicted molar refractivity (Wildman–Crippen MR) is 163 cm³/mol. The van der Waals surface area contributed by atoms with E-state index in [0.29, 0.717) is 48.4 Å². The number of aryl methyl sites for hydroxylation is 1. The summed E-state index contributed by atoms with van der Waals surface area (Å²) in [5.41, 5.74) is 4.89. The van der Waals surface area contributed by atoms with E-state index in [4.69, 9.17) is 19.2 Å². The second-order valence-electron chi connectivity index (χ2n) is 11.3. The van der Waals surface area contributed by atoms with Crippen molar-refractivity contribution in [2.45, 2.75) is 59.1 Å². The molecule has 2 aliphatic rings.